The number of rotatable bonds is 5. The van der Waals surface area contributed by atoms with E-state index in [1.54, 1.807) is 29.2 Å². The zero-order chi connectivity index (χ0) is 24.7. The van der Waals surface area contributed by atoms with E-state index in [-0.39, 0.29) is 11.8 Å². The molecule has 3 aromatic rings. The minimum atomic E-state index is -0.835. The standard InChI is InChI=1S/C28H25ClN2O4/c1-28(14-2-3-24(28)27(34)35)31-16-20-5-4-19(15-23(20)26(31)33)17-8-12-22(13-9-17)30-25(32)18-6-10-21(29)11-7-18/h4-13,15,24H,2-3,14,16H2,1H3,(H,30,32)(H,34,35). The van der Waals surface area contributed by atoms with E-state index < -0.39 is 17.4 Å². The molecule has 0 aromatic heterocycles. The van der Waals surface area contributed by atoms with Crippen LogP contribution in [0.15, 0.2) is 66.7 Å². The summed E-state index contributed by atoms with van der Waals surface area (Å²) in [4.78, 5) is 39.4. The Morgan fingerprint density at radius 2 is 1.71 bits per heavy atom. The van der Waals surface area contributed by atoms with Gasteiger partial charge in [-0.3, -0.25) is 14.4 Å². The number of benzene rings is 3. The SMILES string of the molecule is CC1(N2Cc3ccc(-c4ccc(NC(=O)c5ccc(Cl)cc5)cc4)cc3C2=O)CCCC1C(=O)O. The zero-order valence-electron chi connectivity index (χ0n) is 19.3. The molecule has 2 atom stereocenters. The molecular formula is C28H25ClN2O4. The van der Waals surface area contributed by atoms with E-state index in [1.165, 1.54) is 0 Å². The number of carbonyl (C=O) groups excluding carboxylic acids is 2. The van der Waals surface area contributed by atoms with Crippen molar-refractivity contribution in [3.05, 3.63) is 88.4 Å². The summed E-state index contributed by atoms with van der Waals surface area (Å²) in [6.07, 6.45) is 2.09. The third-order valence-corrected chi connectivity index (χ3v) is 7.59. The van der Waals surface area contributed by atoms with Crippen LogP contribution in [0.2, 0.25) is 5.02 Å². The normalized spacial score (nSPS) is 21.1. The molecule has 0 spiro atoms. The van der Waals surface area contributed by atoms with Crippen molar-refractivity contribution < 1.29 is 19.5 Å². The molecule has 0 radical (unpaired) electrons. The number of carboxylic acid groups (broad SMARTS) is 1. The average molecular weight is 489 g/mol. The van der Waals surface area contributed by atoms with Crippen molar-refractivity contribution in [2.75, 3.05) is 5.32 Å². The second kappa shape index (κ2) is 8.86. The highest BCUT2D eigenvalue weighted by molar-refractivity contribution is 6.30. The van der Waals surface area contributed by atoms with E-state index >= 15 is 0 Å². The molecule has 2 N–H and O–H groups in total. The van der Waals surface area contributed by atoms with Gasteiger partial charge in [0, 0.05) is 28.4 Å². The molecule has 2 unspecified atom stereocenters. The van der Waals surface area contributed by atoms with Crippen molar-refractivity contribution in [3.8, 4) is 11.1 Å². The van der Waals surface area contributed by atoms with Crippen molar-refractivity contribution in [1.29, 1.82) is 0 Å². The summed E-state index contributed by atoms with van der Waals surface area (Å²) in [6, 6.07) is 19.9. The summed E-state index contributed by atoms with van der Waals surface area (Å²) in [7, 11) is 0. The summed E-state index contributed by atoms with van der Waals surface area (Å²) >= 11 is 5.88. The van der Waals surface area contributed by atoms with Crippen molar-refractivity contribution in [2.24, 2.45) is 5.92 Å². The Bertz CT molecular complexity index is 1320. The third kappa shape index (κ3) is 4.19. The fourth-order valence-corrected chi connectivity index (χ4v) is 5.43. The lowest BCUT2D eigenvalue weighted by atomic mass is 9.87. The highest BCUT2D eigenvalue weighted by Crippen LogP contribution is 2.44. The van der Waals surface area contributed by atoms with Crippen LogP contribution in [-0.2, 0) is 11.3 Å². The number of nitrogens with zero attached hydrogens (tertiary/aromatic N) is 1. The number of aliphatic carboxylic acids is 1. The predicted molar refractivity (Wildman–Crippen MR) is 135 cm³/mol. The molecule has 178 valence electrons. The molecule has 35 heavy (non-hydrogen) atoms. The number of nitrogens with one attached hydrogen (secondary N) is 1. The van der Waals surface area contributed by atoms with E-state index in [0.29, 0.717) is 41.2 Å². The second-order valence-corrected chi connectivity index (χ2v) is 9.88. The quantitative estimate of drug-likeness (QED) is 0.471. The van der Waals surface area contributed by atoms with Gasteiger partial charge in [-0.1, -0.05) is 42.3 Å². The number of fused-ring (bicyclic) bond motifs is 1. The molecule has 3 aromatic carbocycles. The Morgan fingerprint density at radius 1 is 1.03 bits per heavy atom. The van der Waals surface area contributed by atoms with Crippen molar-refractivity contribution in [3.63, 3.8) is 0 Å². The fraction of sp³-hybridized carbons (Fsp3) is 0.250. The Kier molecular flexibility index (Phi) is 5.85. The van der Waals surface area contributed by atoms with E-state index in [4.69, 9.17) is 11.6 Å². The van der Waals surface area contributed by atoms with Crippen LogP contribution < -0.4 is 5.32 Å². The molecule has 1 heterocycles. The summed E-state index contributed by atoms with van der Waals surface area (Å²) < 4.78 is 0. The number of hydrogen-bond donors (Lipinski definition) is 2. The summed E-state index contributed by atoms with van der Waals surface area (Å²) in [5.41, 5.74) is 3.85. The average Bonchev–Trinajstić information content (AvgIpc) is 3.41. The maximum atomic E-state index is 13.3. The zero-order valence-corrected chi connectivity index (χ0v) is 20.0. The van der Waals surface area contributed by atoms with Crippen molar-refractivity contribution in [1.82, 2.24) is 4.90 Å². The lowest BCUT2D eigenvalue weighted by Crippen LogP contribution is -2.51. The lowest BCUT2D eigenvalue weighted by Gasteiger charge is -2.38. The van der Waals surface area contributed by atoms with Gasteiger partial charge in [0.05, 0.1) is 11.5 Å². The van der Waals surface area contributed by atoms with E-state index in [9.17, 15) is 19.5 Å². The number of amides is 2. The van der Waals surface area contributed by atoms with Gasteiger partial charge in [-0.25, -0.2) is 0 Å². The molecule has 0 saturated heterocycles. The number of anilines is 1. The Labute approximate surface area is 208 Å². The van der Waals surface area contributed by atoms with Crippen LogP contribution in [0.5, 0.6) is 0 Å². The smallest absolute Gasteiger partial charge is 0.308 e. The van der Waals surface area contributed by atoms with Crippen LogP contribution in [0.3, 0.4) is 0 Å². The van der Waals surface area contributed by atoms with Crippen LogP contribution in [0.4, 0.5) is 5.69 Å². The topological polar surface area (TPSA) is 86.7 Å². The molecule has 1 fully saturated rings. The molecule has 6 nitrogen and oxygen atoms in total. The number of halogens is 1. The maximum Gasteiger partial charge on any atom is 0.308 e. The van der Waals surface area contributed by atoms with Gasteiger partial charge >= 0.3 is 5.97 Å². The molecule has 1 saturated carbocycles. The van der Waals surface area contributed by atoms with E-state index in [2.05, 4.69) is 5.32 Å². The fourth-order valence-electron chi connectivity index (χ4n) is 5.31. The van der Waals surface area contributed by atoms with Crippen LogP contribution in [0.1, 0.15) is 52.5 Å². The van der Waals surface area contributed by atoms with E-state index in [0.717, 1.165) is 23.1 Å². The number of carbonyl (C=O) groups is 3. The van der Waals surface area contributed by atoms with Gasteiger partial charge in [-0.2, -0.15) is 0 Å². The summed E-state index contributed by atoms with van der Waals surface area (Å²) in [5, 5.41) is 13.1. The largest absolute Gasteiger partial charge is 0.481 e. The Morgan fingerprint density at radius 3 is 2.40 bits per heavy atom. The molecular weight excluding hydrogens is 464 g/mol. The Balaban J connectivity index is 1.33. The molecule has 5 rings (SSSR count). The first-order valence-electron chi connectivity index (χ1n) is 11.6. The van der Waals surface area contributed by atoms with Crippen molar-refractivity contribution >= 4 is 35.1 Å². The highest BCUT2D eigenvalue weighted by Gasteiger charge is 2.51. The van der Waals surface area contributed by atoms with Crippen LogP contribution >= 0.6 is 11.6 Å². The number of carboxylic acids is 1. The third-order valence-electron chi connectivity index (χ3n) is 7.34. The van der Waals surface area contributed by atoms with Gasteiger partial charge in [0.2, 0.25) is 0 Å². The monoisotopic (exact) mass is 488 g/mol. The van der Waals surface area contributed by atoms with Gasteiger partial charge < -0.3 is 15.3 Å². The highest BCUT2D eigenvalue weighted by atomic mass is 35.5. The summed E-state index contributed by atoms with van der Waals surface area (Å²) in [5.74, 6) is -1.71. The van der Waals surface area contributed by atoms with Gasteiger partial charge in [-0.15, -0.1) is 0 Å². The molecule has 0 bridgehead atoms. The first kappa shape index (κ1) is 23.1. The summed E-state index contributed by atoms with van der Waals surface area (Å²) in [6.45, 7) is 2.34. The molecule has 1 aliphatic heterocycles. The predicted octanol–water partition coefficient (Wildman–Crippen LogP) is 5.86. The first-order valence-corrected chi connectivity index (χ1v) is 12.0. The number of hydrogen-bond acceptors (Lipinski definition) is 3. The van der Waals surface area contributed by atoms with Crippen LogP contribution in [-0.4, -0.2) is 33.3 Å². The van der Waals surface area contributed by atoms with Crippen molar-refractivity contribution in [2.45, 2.75) is 38.3 Å². The van der Waals surface area contributed by atoms with E-state index in [1.807, 2.05) is 49.4 Å². The lowest BCUT2D eigenvalue weighted by molar-refractivity contribution is -0.145. The molecule has 2 aliphatic rings. The van der Waals surface area contributed by atoms with Gasteiger partial charge in [0.1, 0.15) is 0 Å². The first-order chi connectivity index (χ1) is 16.8. The maximum absolute atomic E-state index is 13.3. The van der Waals surface area contributed by atoms with Gasteiger partial charge in [-0.05, 0) is 78.9 Å². The minimum Gasteiger partial charge on any atom is -0.481 e. The van der Waals surface area contributed by atoms with Gasteiger partial charge in [0.15, 0.2) is 0 Å². The van der Waals surface area contributed by atoms with Gasteiger partial charge in [0.25, 0.3) is 11.8 Å². The van der Waals surface area contributed by atoms with Crippen LogP contribution in [0.25, 0.3) is 11.1 Å². The molecule has 1 aliphatic carbocycles. The molecule has 7 heteroatoms. The Hall–Kier alpha value is -3.64. The van der Waals surface area contributed by atoms with Crippen LogP contribution in [0, 0.1) is 5.92 Å². The minimum absolute atomic E-state index is 0.107. The molecule has 2 amide bonds. The second-order valence-electron chi connectivity index (χ2n) is 9.44.